The van der Waals surface area contributed by atoms with Crippen molar-refractivity contribution in [3.63, 3.8) is 0 Å². The van der Waals surface area contributed by atoms with Crippen LogP contribution in [0.5, 0.6) is 0 Å². The normalized spacial score (nSPS) is 10.8. The highest BCUT2D eigenvalue weighted by atomic mass is 32.1. The average Bonchev–Trinajstić information content (AvgIpc) is 2.85. The number of rotatable bonds is 5. The number of ether oxygens (including phenoxy) is 1. The van der Waals surface area contributed by atoms with E-state index in [-0.39, 0.29) is 18.6 Å². The van der Waals surface area contributed by atoms with Gasteiger partial charge in [-0.2, -0.15) is 0 Å². The molecular weight excluding hydrogens is 274 g/mol. The van der Waals surface area contributed by atoms with E-state index in [1.165, 1.54) is 11.3 Å². The molecule has 5 nitrogen and oxygen atoms in total. The molecule has 1 aromatic carbocycles. The van der Waals surface area contributed by atoms with E-state index < -0.39 is 0 Å². The Morgan fingerprint density at radius 2 is 2.30 bits per heavy atom. The summed E-state index contributed by atoms with van der Waals surface area (Å²) < 4.78 is 5.23. The lowest BCUT2D eigenvalue weighted by atomic mass is 10.1. The number of carbonyl (C=O) groups is 1. The molecule has 106 valence electrons. The second-order valence-electron chi connectivity index (χ2n) is 4.57. The summed E-state index contributed by atoms with van der Waals surface area (Å²) in [5, 5.41) is 5.15. The summed E-state index contributed by atoms with van der Waals surface area (Å²) in [7, 11) is 0. The van der Waals surface area contributed by atoms with Crippen LogP contribution in [0.4, 0.5) is 10.8 Å². The summed E-state index contributed by atoms with van der Waals surface area (Å²) in [6.07, 6.45) is 0.0277. The summed E-state index contributed by atoms with van der Waals surface area (Å²) in [5.74, 6) is -0.202. The maximum atomic E-state index is 11.6. The molecule has 1 heterocycles. The third-order valence-electron chi connectivity index (χ3n) is 2.48. The first-order valence-electron chi connectivity index (χ1n) is 6.27. The Morgan fingerprint density at radius 1 is 1.50 bits per heavy atom. The highest BCUT2D eigenvalue weighted by molar-refractivity contribution is 7.14. The van der Waals surface area contributed by atoms with E-state index in [4.69, 9.17) is 10.5 Å². The fraction of sp³-hybridized carbons (Fsp3) is 0.286. The number of nitrogen functional groups attached to an aromatic ring is 1. The lowest BCUT2D eigenvalue weighted by Gasteiger charge is -2.06. The van der Waals surface area contributed by atoms with Crippen molar-refractivity contribution >= 4 is 28.1 Å². The lowest BCUT2D eigenvalue weighted by Crippen LogP contribution is -2.20. The van der Waals surface area contributed by atoms with Crippen molar-refractivity contribution in [2.24, 2.45) is 0 Å². The van der Waals surface area contributed by atoms with Crippen LogP contribution in [0.25, 0.3) is 11.3 Å². The number of hydrogen-bond donors (Lipinski definition) is 2. The van der Waals surface area contributed by atoms with Crippen molar-refractivity contribution in [3.05, 3.63) is 29.6 Å². The fourth-order valence-electron chi connectivity index (χ4n) is 1.56. The van der Waals surface area contributed by atoms with Gasteiger partial charge in [-0.1, -0.05) is 12.1 Å². The molecule has 1 amide bonds. The van der Waals surface area contributed by atoms with E-state index >= 15 is 0 Å². The molecule has 0 aliphatic carbocycles. The summed E-state index contributed by atoms with van der Waals surface area (Å²) in [4.78, 5) is 16.0. The van der Waals surface area contributed by atoms with Crippen LogP contribution in [0.3, 0.4) is 0 Å². The molecule has 0 saturated heterocycles. The molecule has 0 unspecified atom stereocenters. The Kier molecular flexibility index (Phi) is 4.70. The number of nitrogens with two attached hydrogens (primary N) is 1. The van der Waals surface area contributed by atoms with Gasteiger partial charge < -0.3 is 10.5 Å². The van der Waals surface area contributed by atoms with Gasteiger partial charge in [0, 0.05) is 16.6 Å². The van der Waals surface area contributed by atoms with E-state index in [0.29, 0.717) is 10.8 Å². The number of nitrogens with one attached hydrogen (secondary N) is 1. The average molecular weight is 291 g/mol. The number of aromatic nitrogens is 1. The van der Waals surface area contributed by atoms with Gasteiger partial charge in [0.2, 0.25) is 0 Å². The Labute approximate surface area is 121 Å². The van der Waals surface area contributed by atoms with Gasteiger partial charge in [-0.3, -0.25) is 10.1 Å². The van der Waals surface area contributed by atoms with E-state index in [0.717, 1.165) is 11.3 Å². The summed E-state index contributed by atoms with van der Waals surface area (Å²) in [5.41, 5.74) is 8.15. The quantitative estimate of drug-likeness (QED) is 0.830. The van der Waals surface area contributed by atoms with E-state index in [9.17, 15) is 4.79 Å². The second kappa shape index (κ2) is 6.49. The van der Waals surface area contributed by atoms with Crippen LogP contribution in [0, 0.1) is 0 Å². The molecule has 6 heteroatoms. The molecular formula is C14H17N3O2S. The molecule has 1 aromatic heterocycles. The number of hydrogen-bond acceptors (Lipinski definition) is 5. The van der Waals surface area contributed by atoms with Crippen molar-refractivity contribution in [2.45, 2.75) is 20.0 Å². The number of nitrogens with zero attached hydrogens (tertiary/aromatic N) is 1. The largest absolute Gasteiger partial charge is 0.399 e. The van der Waals surface area contributed by atoms with Crippen molar-refractivity contribution < 1.29 is 9.53 Å². The van der Waals surface area contributed by atoms with Crippen molar-refractivity contribution in [1.29, 1.82) is 0 Å². The number of carbonyl (C=O) groups excluding carboxylic acids is 1. The van der Waals surface area contributed by atoms with Gasteiger partial charge in [0.1, 0.15) is 6.61 Å². The number of benzene rings is 1. The van der Waals surface area contributed by atoms with Gasteiger partial charge in [-0.15, -0.1) is 11.3 Å². The van der Waals surface area contributed by atoms with Crippen LogP contribution in [-0.4, -0.2) is 23.6 Å². The smallest absolute Gasteiger partial charge is 0.252 e. The first-order valence-corrected chi connectivity index (χ1v) is 7.15. The first-order chi connectivity index (χ1) is 9.54. The zero-order valence-corrected chi connectivity index (χ0v) is 12.2. The van der Waals surface area contributed by atoms with Crippen LogP contribution < -0.4 is 11.1 Å². The van der Waals surface area contributed by atoms with E-state index in [2.05, 4.69) is 10.3 Å². The molecule has 3 N–H and O–H groups in total. The summed E-state index contributed by atoms with van der Waals surface area (Å²) >= 11 is 1.37. The zero-order chi connectivity index (χ0) is 14.5. The number of thiazole rings is 1. The monoisotopic (exact) mass is 291 g/mol. The SMILES string of the molecule is CC(C)OCC(=O)Nc1nc(-c2cccc(N)c2)cs1. The Bertz CT molecular complexity index is 596. The van der Waals surface area contributed by atoms with Gasteiger partial charge in [0.25, 0.3) is 5.91 Å². The van der Waals surface area contributed by atoms with E-state index in [1.54, 1.807) is 0 Å². The minimum Gasteiger partial charge on any atom is -0.399 e. The Morgan fingerprint density at radius 3 is 3.00 bits per heavy atom. The van der Waals surface area contributed by atoms with Gasteiger partial charge in [0.05, 0.1) is 11.8 Å². The summed E-state index contributed by atoms with van der Waals surface area (Å²) in [6.45, 7) is 3.80. The molecule has 0 saturated carbocycles. The predicted octanol–water partition coefficient (Wildman–Crippen LogP) is 2.76. The molecule has 0 atom stereocenters. The lowest BCUT2D eigenvalue weighted by molar-refractivity contribution is -0.121. The first kappa shape index (κ1) is 14.5. The van der Waals surface area contributed by atoms with Crippen molar-refractivity contribution in [3.8, 4) is 11.3 Å². The molecule has 0 radical (unpaired) electrons. The van der Waals surface area contributed by atoms with Gasteiger partial charge in [0.15, 0.2) is 5.13 Å². The minimum atomic E-state index is -0.202. The predicted molar refractivity (Wildman–Crippen MR) is 81.7 cm³/mol. The standard InChI is InChI=1S/C14H17N3O2S/c1-9(2)19-7-13(18)17-14-16-12(8-20-14)10-4-3-5-11(15)6-10/h3-6,8-9H,7,15H2,1-2H3,(H,16,17,18). The van der Waals surface area contributed by atoms with Crippen LogP contribution in [-0.2, 0) is 9.53 Å². The van der Waals surface area contributed by atoms with Gasteiger partial charge >= 0.3 is 0 Å². The zero-order valence-electron chi connectivity index (χ0n) is 11.4. The topological polar surface area (TPSA) is 77.2 Å². The molecule has 0 aliphatic rings. The number of amides is 1. The fourth-order valence-corrected chi connectivity index (χ4v) is 2.30. The van der Waals surface area contributed by atoms with Crippen LogP contribution >= 0.6 is 11.3 Å². The van der Waals surface area contributed by atoms with Crippen LogP contribution in [0.15, 0.2) is 29.6 Å². The van der Waals surface area contributed by atoms with Gasteiger partial charge in [-0.05, 0) is 26.0 Å². The highest BCUT2D eigenvalue weighted by Gasteiger charge is 2.09. The maximum Gasteiger partial charge on any atom is 0.252 e. The Hall–Kier alpha value is -1.92. The third-order valence-corrected chi connectivity index (χ3v) is 3.24. The molecule has 0 fully saturated rings. The minimum absolute atomic E-state index is 0.0277. The molecule has 0 bridgehead atoms. The maximum absolute atomic E-state index is 11.6. The molecule has 20 heavy (non-hydrogen) atoms. The van der Waals surface area contributed by atoms with Crippen molar-refractivity contribution in [2.75, 3.05) is 17.7 Å². The van der Waals surface area contributed by atoms with E-state index in [1.807, 2.05) is 43.5 Å². The second-order valence-corrected chi connectivity index (χ2v) is 5.43. The summed E-state index contributed by atoms with van der Waals surface area (Å²) in [6, 6.07) is 7.47. The molecule has 2 aromatic rings. The highest BCUT2D eigenvalue weighted by Crippen LogP contribution is 2.25. The van der Waals surface area contributed by atoms with Crippen molar-refractivity contribution in [1.82, 2.24) is 4.98 Å². The molecule has 0 spiro atoms. The molecule has 0 aliphatic heterocycles. The Balaban J connectivity index is 2.00. The van der Waals surface area contributed by atoms with Gasteiger partial charge in [-0.25, -0.2) is 4.98 Å². The van der Waals surface area contributed by atoms with Crippen LogP contribution in [0.2, 0.25) is 0 Å². The third kappa shape index (κ3) is 4.04. The molecule has 2 rings (SSSR count). The van der Waals surface area contributed by atoms with Crippen LogP contribution in [0.1, 0.15) is 13.8 Å². The number of anilines is 2.